The van der Waals surface area contributed by atoms with Crippen LogP contribution in [-0.4, -0.2) is 13.2 Å². The summed E-state index contributed by atoms with van der Waals surface area (Å²) in [6, 6.07) is 0. The molecule has 0 bridgehead atoms. The molecule has 0 aromatic carbocycles. The number of ether oxygens (including phenoxy) is 1. The van der Waals surface area contributed by atoms with E-state index in [1.165, 1.54) is 0 Å². The Hall–Kier alpha value is -0.480. The number of hydrogen-bond acceptors (Lipinski definition) is 1. The fraction of sp³-hybridized carbons (Fsp3) is 0.667. The van der Waals surface area contributed by atoms with Crippen LogP contribution in [-0.2, 0) is 4.74 Å². The summed E-state index contributed by atoms with van der Waals surface area (Å²) in [7, 11) is 1.71. The van der Waals surface area contributed by atoms with Gasteiger partial charge in [0.25, 0.3) is 0 Å². The second-order valence-electron chi connectivity index (χ2n) is 2.24. The molecular weight excluding hydrogens is 124 g/mol. The van der Waals surface area contributed by atoms with Gasteiger partial charge in [0.2, 0.25) is 0 Å². The lowest BCUT2D eigenvalue weighted by atomic mass is 10.1. The van der Waals surface area contributed by atoms with Crippen LogP contribution in [0.5, 0.6) is 0 Å². The van der Waals surface area contributed by atoms with Gasteiger partial charge in [0, 0.05) is 13.5 Å². The van der Waals surface area contributed by atoms with Crippen molar-refractivity contribution in [3.05, 3.63) is 6.92 Å². The molecule has 1 heteroatoms. The zero-order valence-electron chi connectivity index (χ0n) is 6.60. The van der Waals surface area contributed by atoms with Gasteiger partial charge in [-0.2, -0.15) is 0 Å². The highest BCUT2D eigenvalue weighted by Crippen LogP contribution is 2.06. The largest absolute Gasteiger partial charge is 0.381 e. The lowest BCUT2D eigenvalue weighted by molar-refractivity contribution is 0.0958. The number of methoxy groups -OCH3 is 1. The maximum absolute atomic E-state index is 5.11. The average molecular weight is 139 g/mol. The first kappa shape index (κ1) is 9.52. The maximum Gasteiger partial charge on any atom is 0.0571 e. The van der Waals surface area contributed by atoms with Crippen LogP contribution in [0.25, 0.3) is 0 Å². The van der Waals surface area contributed by atoms with Crippen LogP contribution in [0.4, 0.5) is 0 Å². The van der Waals surface area contributed by atoms with Crippen molar-refractivity contribution < 1.29 is 4.74 Å². The zero-order valence-corrected chi connectivity index (χ0v) is 6.60. The Kier molecular flexibility index (Phi) is 6.32. The van der Waals surface area contributed by atoms with E-state index in [1.54, 1.807) is 7.11 Å². The molecule has 10 heavy (non-hydrogen) atoms. The molecule has 0 saturated carbocycles. The highest BCUT2D eigenvalue weighted by molar-refractivity contribution is 4.83. The van der Waals surface area contributed by atoms with Gasteiger partial charge in [0.15, 0.2) is 0 Å². The van der Waals surface area contributed by atoms with Gasteiger partial charge in [0.1, 0.15) is 0 Å². The Morgan fingerprint density at radius 1 is 1.70 bits per heavy atom. The molecule has 0 aliphatic heterocycles. The predicted octanol–water partition coefficient (Wildman–Crippen LogP) is 2.03. The van der Waals surface area contributed by atoms with Gasteiger partial charge in [-0.3, -0.25) is 0 Å². The van der Waals surface area contributed by atoms with Crippen molar-refractivity contribution in [2.75, 3.05) is 7.11 Å². The number of unbranched alkanes of at least 4 members (excludes halogenated alkanes) is 1. The minimum atomic E-state index is 0.299. The van der Waals surface area contributed by atoms with E-state index in [0.717, 1.165) is 25.7 Å². The summed E-state index contributed by atoms with van der Waals surface area (Å²) in [6.45, 7) is 3.76. The zero-order chi connectivity index (χ0) is 7.82. The topological polar surface area (TPSA) is 9.23 Å². The van der Waals surface area contributed by atoms with Crippen LogP contribution in [0.3, 0.4) is 0 Å². The lowest BCUT2D eigenvalue weighted by Gasteiger charge is -2.10. The molecule has 0 amide bonds. The molecule has 1 unspecified atom stereocenters. The number of hydrogen-bond donors (Lipinski definition) is 0. The Labute approximate surface area is 63.8 Å². The first-order chi connectivity index (χ1) is 4.85. The van der Waals surface area contributed by atoms with Gasteiger partial charge >= 0.3 is 0 Å². The standard InChI is InChI=1S/C9H15O/c1-4-6-7-8-9(5-2)10-3/h1,9H,2,5-8H2,3H3. The molecule has 0 aromatic rings. The van der Waals surface area contributed by atoms with Gasteiger partial charge in [0.05, 0.1) is 6.10 Å². The van der Waals surface area contributed by atoms with Crippen LogP contribution in [0.1, 0.15) is 25.7 Å². The monoisotopic (exact) mass is 139 g/mol. The molecule has 0 N–H and O–H groups in total. The Morgan fingerprint density at radius 2 is 2.40 bits per heavy atom. The molecule has 0 aromatic heterocycles. The smallest absolute Gasteiger partial charge is 0.0571 e. The Morgan fingerprint density at radius 3 is 2.80 bits per heavy atom. The minimum Gasteiger partial charge on any atom is -0.381 e. The molecule has 0 saturated heterocycles. The number of terminal acetylenes is 1. The SMILES string of the molecule is C#CCCCC(C[CH2])OC. The second kappa shape index (κ2) is 6.64. The van der Waals surface area contributed by atoms with Crippen molar-refractivity contribution in [3.63, 3.8) is 0 Å². The van der Waals surface area contributed by atoms with E-state index < -0.39 is 0 Å². The van der Waals surface area contributed by atoms with Crippen LogP contribution < -0.4 is 0 Å². The summed E-state index contributed by atoms with van der Waals surface area (Å²) >= 11 is 0. The molecule has 0 spiro atoms. The van der Waals surface area contributed by atoms with E-state index in [-0.39, 0.29) is 0 Å². The summed E-state index contributed by atoms with van der Waals surface area (Å²) in [6.07, 6.45) is 9.15. The van der Waals surface area contributed by atoms with E-state index in [9.17, 15) is 0 Å². The second-order valence-corrected chi connectivity index (χ2v) is 2.24. The Bertz CT molecular complexity index is 97.8. The summed E-state index contributed by atoms with van der Waals surface area (Å²) in [5.41, 5.74) is 0. The highest BCUT2D eigenvalue weighted by atomic mass is 16.5. The minimum absolute atomic E-state index is 0.299. The fourth-order valence-corrected chi connectivity index (χ4v) is 0.812. The maximum atomic E-state index is 5.11. The first-order valence-electron chi connectivity index (χ1n) is 3.60. The van der Waals surface area contributed by atoms with Gasteiger partial charge < -0.3 is 4.74 Å². The van der Waals surface area contributed by atoms with Crippen LogP contribution in [0, 0.1) is 19.3 Å². The number of rotatable bonds is 5. The predicted molar refractivity (Wildman–Crippen MR) is 43.5 cm³/mol. The van der Waals surface area contributed by atoms with E-state index in [1.807, 2.05) is 0 Å². The molecule has 1 atom stereocenters. The van der Waals surface area contributed by atoms with Crippen molar-refractivity contribution in [2.45, 2.75) is 31.8 Å². The van der Waals surface area contributed by atoms with Gasteiger partial charge in [-0.05, 0) is 19.3 Å². The van der Waals surface area contributed by atoms with Crippen molar-refractivity contribution >= 4 is 0 Å². The average Bonchev–Trinajstić information content (AvgIpc) is 1.99. The Balaban J connectivity index is 3.19. The molecule has 0 heterocycles. The molecule has 0 fully saturated rings. The summed E-state index contributed by atoms with van der Waals surface area (Å²) in [5, 5.41) is 0. The highest BCUT2D eigenvalue weighted by Gasteiger charge is 2.01. The normalized spacial score (nSPS) is 12.5. The van der Waals surface area contributed by atoms with Gasteiger partial charge in [-0.15, -0.1) is 12.3 Å². The quantitative estimate of drug-likeness (QED) is 0.418. The van der Waals surface area contributed by atoms with E-state index in [2.05, 4.69) is 12.8 Å². The third-order valence-corrected chi connectivity index (χ3v) is 1.50. The molecule has 1 nitrogen and oxygen atoms in total. The van der Waals surface area contributed by atoms with Gasteiger partial charge in [-0.1, -0.05) is 6.92 Å². The molecule has 0 aliphatic rings. The lowest BCUT2D eigenvalue weighted by Crippen LogP contribution is -2.07. The van der Waals surface area contributed by atoms with E-state index in [0.29, 0.717) is 6.10 Å². The summed E-state index contributed by atoms with van der Waals surface area (Å²) in [4.78, 5) is 0. The van der Waals surface area contributed by atoms with Crippen molar-refractivity contribution in [1.29, 1.82) is 0 Å². The molecule has 0 aliphatic carbocycles. The third kappa shape index (κ3) is 4.40. The summed E-state index contributed by atoms with van der Waals surface area (Å²) in [5.74, 6) is 2.60. The molecule has 1 radical (unpaired) electrons. The molecule has 0 rings (SSSR count). The van der Waals surface area contributed by atoms with Crippen LogP contribution in [0.15, 0.2) is 0 Å². The van der Waals surface area contributed by atoms with Crippen LogP contribution in [0.2, 0.25) is 0 Å². The fourth-order valence-electron chi connectivity index (χ4n) is 0.812. The summed E-state index contributed by atoms with van der Waals surface area (Å²) < 4.78 is 5.11. The third-order valence-electron chi connectivity index (χ3n) is 1.50. The molecule has 57 valence electrons. The van der Waals surface area contributed by atoms with Gasteiger partial charge in [-0.25, -0.2) is 0 Å². The van der Waals surface area contributed by atoms with Crippen molar-refractivity contribution in [2.24, 2.45) is 0 Å². The van der Waals surface area contributed by atoms with Crippen molar-refractivity contribution in [1.82, 2.24) is 0 Å². The van der Waals surface area contributed by atoms with E-state index >= 15 is 0 Å². The van der Waals surface area contributed by atoms with E-state index in [4.69, 9.17) is 11.2 Å². The van der Waals surface area contributed by atoms with Crippen LogP contribution >= 0.6 is 0 Å². The first-order valence-corrected chi connectivity index (χ1v) is 3.60. The molecular formula is C9H15O. The van der Waals surface area contributed by atoms with Crippen molar-refractivity contribution in [3.8, 4) is 12.3 Å².